The Kier molecular flexibility index (Phi) is 11.4. The lowest BCUT2D eigenvalue weighted by molar-refractivity contribution is -0.140. The summed E-state index contributed by atoms with van der Waals surface area (Å²) in [6.07, 6.45) is 0.266. The minimum absolute atomic E-state index is 0.0327. The fourth-order valence-corrected chi connectivity index (χ4v) is 5.92. The summed E-state index contributed by atoms with van der Waals surface area (Å²) in [6, 6.07) is 15.4. The van der Waals surface area contributed by atoms with Crippen molar-refractivity contribution in [3.05, 3.63) is 88.7 Å². The van der Waals surface area contributed by atoms with Crippen molar-refractivity contribution in [1.29, 1.82) is 0 Å². The van der Waals surface area contributed by atoms with Crippen LogP contribution in [0.5, 0.6) is 5.75 Å². The number of amides is 2. The highest BCUT2D eigenvalue weighted by Gasteiger charge is 2.35. The van der Waals surface area contributed by atoms with Crippen molar-refractivity contribution in [3.63, 3.8) is 0 Å². The molecule has 42 heavy (non-hydrogen) atoms. The molecule has 0 aliphatic heterocycles. The highest BCUT2D eigenvalue weighted by atomic mass is 35.5. The number of carbonyl (C=O) groups is 2. The van der Waals surface area contributed by atoms with E-state index in [4.69, 9.17) is 16.3 Å². The zero-order valence-electron chi connectivity index (χ0n) is 24.4. The molecule has 0 radical (unpaired) electrons. The number of rotatable bonds is 13. The van der Waals surface area contributed by atoms with Crippen LogP contribution in [0.4, 0.5) is 10.1 Å². The van der Waals surface area contributed by atoms with Gasteiger partial charge in [0.2, 0.25) is 11.8 Å². The first-order valence-corrected chi connectivity index (χ1v) is 15.4. The standard InChI is InChI=1S/C31H37ClFN3O5S/c1-6-27(31(38)34-18-21(2)3)35(19-23-9-12-25(33)13-10-23)30(37)20-36(28-17-24(32)11-16-29(28)41-5)42(39,40)26-14-7-22(4)8-15-26/h7-17,21,27H,6,18-20H2,1-5H3,(H,34,38)/t27-/m1/s1. The molecule has 3 aromatic rings. The number of anilines is 1. The molecule has 11 heteroatoms. The van der Waals surface area contributed by atoms with Crippen LogP contribution in [0.1, 0.15) is 38.3 Å². The molecule has 226 valence electrons. The molecule has 0 heterocycles. The molecule has 3 rings (SSSR count). The van der Waals surface area contributed by atoms with Gasteiger partial charge in [0.25, 0.3) is 10.0 Å². The van der Waals surface area contributed by atoms with E-state index in [9.17, 15) is 22.4 Å². The molecule has 0 unspecified atom stereocenters. The van der Waals surface area contributed by atoms with E-state index in [0.717, 1.165) is 9.87 Å². The van der Waals surface area contributed by atoms with Gasteiger partial charge in [0.15, 0.2) is 0 Å². The monoisotopic (exact) mass is 617 g/mol. The molecule has 1 atom stereocenters. The Hall–Kier alpha value is -3.63. The van der Waals surface area contributed by atoms with E-state index in [0.29, 0.717) is 12.1 Å². The van der Waals surface area contributed by atoms with Crippen LogP contribution in [-0.2, 0) is 26.2 Å². The van der Waals surface area contributed by atoms with Crippen LogP contribution in [0.15, 0.2) is 71.6 Å². The largest absolute Gasteiger partial charge is 0.495 e. The van der Waals surface area contributed by atoms with Gasteiger partial charge in [0.1, 0.15) is 24.2 Å². The Balaban J connectivity index is 2.11. The van der Waals surface area contributed by atoms with E-state index in [-0.39, 0.29) is 46.1 Å². The maximum Gasteiger partial charge on any atom is 0.264 e. The molecule has 3 aromatic carbocycles. The average molecular weight is 618 g/mol. The number of methoxy groups -OCH3 is 1. The van der Waals surface area contributed by atoms with E-state index >= 15 is 0 Å². The normalized spacial score (nSPS) is 12.1. The molecule has 1 N–H and O–H groups in total. The Bertz CT molecular complexity index is 1480. The minimum Gasteiger partial charge on any atom is -0.495 e. The van der Waals surface area contributed by atoms with Crippen molar-refractivity contribution in [2.75, 3.05) is 24.5 Å². The van der Waals surface area contributed by atoms with Gasteiger partial charge >= 0.3 is 0 Å². The Labute approximate surface area is 252 Å². The first-order valence-electron chi connectivity index (χ1n) is 13.6. The second kappa shape index (κ2) is 14.5. The molecular formula is C31H37ClFN3O5S. The molecule has 0 spiro atoms. The van der Waals surface area contributed by atoms with Gasteiger partial charge < -0.3 is 15.0 Å². The van der Waals surface area contributed by atoms with E-state index < -0.39 is 34.3 Å². The highest BCUT2D eigenvalue weighted by Crippen LogP contribution is 2.35. The van der Waals surface area contributed by atoms with Crippen LogP contribution in [0.2, 0.25) is 5.02 Å². The molecule has 2 amide bonds. The predicted molar refractivity (Wildman–Crippen MR) is 163 cm³/mol. The first-order chi connectivity index (χ1) is 19.9. The van der Waals surface area contributed by atoms with Gasteiger partial charge in [0.05, 0.1) is 17.7 Å². The van der Waals surface area contributed by atoms with Crippen molar-refractivity contribution in [2.24, 2.45) is 5.92 Å². The number of benzene rings is 3. The van der Waals surface area contributed by atoms with Crippen LogP contribution in [0.25, 0.3) is 0 Å². The van der Waals surface area contributed by atoms with Crippen LogP contribution >= 0.6 is 11.6 Å². The number of hydrogen-bond donors (Lipinski definition) is 1. The van der Waals surface area contributed by atoms with Gasteiger partial charge in [0, 0.05) is 18.1 Å². The molecule has 8 nitrogen and oxygen atoms in total. The summed E-state index contributed by atoms with van der Waals surface area (Å²) in [6.45, 7) is 7.22. The van der Waals surface area contributed by atoms with E-state index in [2.05, 4.69) is 5.32 Å². The highest BCUT2D eigenvalue weighted by molar-refractivity contribution is 7.92. The topological polar surface area (TPSA) is 96.0 Å². The summed E-state index contributed by atoms with van der Waals surface area (Å²) in [5, 5.41) is 3.11. The maximum atomic E-state index is 14.1. The second-order valence-corrected chi connectivity index (χ2v) is 12.7. The van der Waals surface area contributed by atoms with Crippen LogP contribution in [-0.4, -0.2) is 51.4 Å². The lowest BCUT2D eigenvalue weighted by Crippen LogP contribution is -2.52. The molecular weight excluding hydrogens is 581 g/mol. The van der Waals surface area contributed by atoms with Gasteiger partial charge in [-0.1, -0.05) is 62.2 Å². The molecule has 0 saturated heterocycles. The minimum atomic E-state index is -4.30. The predicted octanol–water partition coefficient (Wildman–Crippen LogP) is 5.57. The molecule has 0 fully saturated rings. The third-order valence-corrected chi connectivity index (χ3v) is 8.64. The van der Waals surface area contributed by atoms with E-state index in [1.165, 1.54) is 60.5 Å². The van der Waals surface area contributed by atoms with Crippen molar-refractivity contribution in [2.45, 2.75) is 51.6 Å². The third kappa shape index (κ3) is 8.23. The number of halogens is 2. The Morgan fingerprint density at radius 3 is 2.24 bits per heavy atom. The molecule has 0 aromatic heterocycles. The first kappa shape index (κ1) is 32.9. The number of aryl methyl sites for hydroxylation is 1. The number of nitrogens with zero attached hydrogens (tertiary/aromatic N) is 2. The Morgan fingerprint density at radius 1 is 1.02 bits per heavy atom. The van der Waals surface area contributed by atoms with E-state index in [1.54, 1.807) is 25.1 Å². The lowest BCUT2D eigenvalue weighted by Gasteiger charge is -2.33. The summed E-state index contributed by atoms with van der Waals surface area (Å²) in [5.74, 6) is -1.08. The lowest BCUT2D eigenvalue weighted by atomic mass is 10.1. The summed E-state index contributed by atoms with van der Waals surface area (Å²) in [7, 11) is -2.92. The van der Waals surface area contributed by atoms with Gasteiger partial charge in [-0.3, -0.25) is 13.9 Å². The summed E-state index contributed by atoms with van der Waals surface area (Å²) in [5.41, 5.74) is 1.51. The molecule has 0 saturated carbocycles. The van der Waals surface area contributed by atoms with Crippen molar-refractivity contribution < 1.29 is 27.1 Å². The summed E-state index contributed by atoms with van der Waals surface area (Å²) in [4.78, 5) is 28.7. The van der Waals surface area contributed by atoms with Gasteiger partial charge in [-0.05, 0) is 67.3 Å². The van der Waals surface area contributed by atoms with Crippen molar-refractivity contribution in [1.82, 2.24) is 10.2 Å². The molecule has 0 bridgehead atoms. The van der Waals surface area contributed by atoms with Crippen LogP contribution in [0.3, 0.4) is 0 Å². The van der Waals surface area contributed by atoms with Crippen LogP contribution < -0.4 is 14.4 Å². The van der Waals surface area contributed by atoms with Gasteiger partial charge in [-0.15, -0.1) is 0 Å². The number of nitrogens with one attached hydrogen (secondary N) is 1. The van der Waals surface area contributed by atoms with Gasteiger partial charge in [-0.2, -0.15) is 0 Å². The number of carbonyl (C=O) groups excluding carboxylic acids is 2. The molecule has 0 aliphatic rings. The SMILES string of the molecule is CC[C@H](C(=O)NCC(C)C)N(Cc1ccc(F)cc1)C(=O)CN(c1cc(Cl)ccc1OC)S(=O)(=O)c1ccc(C)cc1. The van der Waals surface area contributed by atoms with Crippen LogP contribution in [0, 0.1) is 18.7 Å². The van der Waals surface area contributed by atoms with Crippen molar-refractivity contribution >= 4 is 39.1 Å². The number of hydrogen-bond acceptors (Lipinski definition) is 5. The maximum absolute atomic E-state index is 14.1. The summed E-state index contributed by atoms with van der Waals surface area (Å²) >= 11 is 6.27. The summed E-state index contributed by atoms with van der Waals surface area (Å²) < 4.78 is 48.2. The van der Waals surface area contributed by atoms with Gasteiger partial charge in [-0.25, -0.2) is 12.8 Å². The smallest absolute Gasteiger partial charge is 0.264 e. The van der Waals surface area contributed by atoms with Crippen molar-refractivity contribution in [3.8, 4) is 5.75 Å². The zero-order valence-corrected chi connectivity index (χ0v) is 26.0. The third-order valence-electron chi connectivity index (χ3n) is 6.63. The quantitative estimate of drug-likeness (QED) is 0.271. The Morgan fingerprint density at radius 2 is 1.67 bits per heavy atom. The van der Waals surface area contributed by atoms with E-state index in [1.807, 2.05) is 20.8 Å². The number of sulfonamides is 1. The average Bonchev–Trinajstić information content (AvgIpc) is 2.95. The molecule has 0 aliphatic carbocycles. The zero-order chi connectivity index (χ0) is 31.0. The second-order valence-electron chi connectivity index (χ2n) is 10.4. The number of ether oxygens (including phenoxy) is 1. The fourth-order valence-electron chi connectivity index (χ4n) is 4.34. The fraction of sp³-hybridized carbons (Fsp3) is 0.355.